The number of aromatic nitrogens is 2. The lowest BCUT2D eigenvalue weighted by Crippen LogP contribution is -2.40. The van der Waals surface area contributed by atoms with Crippen LogP contribution in [0.2, 0.25) is 0 Å². The van der Waals surface area contributed by atoms with Crippen LogP contribution in [0.4, 0.5) is 5.69 Å². The fourth-order valence-corrected chi connectivity index (χ4v) is 3.86. The topological polar surface area (TPSA) is 115 Å². The summed E-state index contributed by atoms with van der Waals surface area (Å²) in [5.74, 6) is 0.719. The minimum Gasteiger partial charge on any atom is -0.497 e. The number of carbonyl (C=O) groups is 1. The quantitative estimate of drug-likeness (QED) is 0.567. The van der Waals surface area contributed by atoms with Crippen LogP contribution in [0, 0.1) is 13.8 Å². The van der Waals surface area contributed by atoms with Gasteiger partial charge in [0.2, 0.25) is 27.6 Å². The van der Waals surface area contributed by atoms with Crippen molar-refractivity contribution >= 4 is 21.6 Å². The second-order valence-corrected chi connectivity index (χ2v) is 8.92. The Morgan fingerprint density at radius 1 is 1.19 bits per heavy atom. The lowest BCUT2D eigenvalue weighted by Gasteiger charge is -2.24. The van der Waals surface area contributed by atoms with Crippen molar-refractivity contribution in [3.05, 3.63) is 59.5 Å². The van der Waals surface area contributed by atoms with E-state index in [1.807, 2.05) is 26.0 Å². The molecule has 0 aliphatic rings. The Balaban J connectivity index is 1.69. The maximum atomic E-state index is 12.5. The lowest BCUT2D eigenvalue weighted by molar-refractivity contribution is -0.119. The monoisotopic (exact) mass is 444 g/mol. The molecule has 1 heterocycles. The maximum Gasteiger partial charge on any atom is 0.246 e. The first-order valence-electron chi connectivity index (χ1n) is 9.46. The van der Waals surface area contributed by atoms with E-state index in [0.29, 0.717) is 22.8 Å². The highest BCUT2D eigenvalue weighted by atomic mass is 32.2. The summed E-state index contributed by atoms with van der Waals surface area (Å²) in [5, 5.41) is 6.54. The number of nitrogens with zero attached hydrogens (tertiary/aromatic N) is 3. The minimum absolute atomic E-state index is 0.0276. The number of methoxy groups -OCH3 is 1. The zero-order valence-electron chi connectivity index (χ0n) is 17.7. The Bertz CT molecular complexity index is 1190. The lowest BCUT2D eigenvalue weighted by atomic mass is 10.1. The molecule has 1 N–H and O–H groups in total. The second-order valence-electron chi connectivity index (χ2n) is 7.01. The molecule has 31 heavy (non-hydrogen) atoms. The molecular formula is C21H24N4O5S. The van der Waals surface area contributed by atoms with Gasteiger partial charge >= 0.3 is 0 Å². The van der Waals surface area contributed by atoms with E-state index < -0.39 is 15.9 Å². The summed E-state index contributed by atoms with van der Waals surface area (Å²) < 4.78 is 36.1. The Kier molecular flexibility index (Phi) is 6.59. The smallest absolute Gasteiger partial charge is 0.246 e. The molecule has 0 spiro atoms. The molecule has 1 aromatic heterocycles. The molecule has 2 aromatic carbocycles. The van der Waals surface area contributed by atoms with Crippen molar-refractivity contribution in [3.8, 4) is 17.1 Å². The molecule has 0 fully saturated rings. The molecule has 3 rings (SSSR count). The van der Waals surface area contributed by atoms with Crippen LogP contribution in [0.5, 0.6) is 5.75 Å². The predicted octanol–water partition coefficient (Wildman–Crippen LogP) is 2.44. The maximum absolute atomic E-state index is 12.5. The first-order valence-corrected chi connectivity index (χ1v) is 11.3. The van der Waals surface area contributed by atoms with Gasteiger partial charge in [-0.1, -0.05) is 29.4 Å². The number of rotatable bonds is 8. The van der Waals surface area contributed by atoms with Crippen LogP contribution >= 0.6 is 0 Å². The molecule has 3 aromatic rings. The molecule has 0 bridgehead atoms. The first-order chi connectivity index (χ1) is 14.7. The largest absolute Gasteiger partial charge is 0.497 e. The number of sulfonamides is 1. The van der Waals surface area contributed by atoms with Crippen LogP contribution in [0.25, 0.3) is 11.4 Å². The van der Waals surface area contributed by atoms with E-state index in [9.17, 15) is 13.2 Å². The average Bonchev–Trinajstić information content (AvgIpc) is 3.21. The Morgan fingerprint density at radius 2 is 1.94 bits per heavy atom. The molecular weight excluding hydrogens is 420 g/mol. The van der Waals surface area contributed by atoms with Crippen LogP contribution in [-0.4, -0.2) is 44.4 Å². The first kappa shape index (κ1) is 22.3. The zero-order chi connectivity index (χ0) is 22.6. The summed E-state index contributed by atoms with van der Waals surface area (Å²) >= 11 is 0. The molecule has 1 amide bonds. The Hall–Kier alpha value is -3.40. The van der Waals surface area contributed by atoms with Gasteiger partial charge in [0.1, 0.15) is 12.3 Å². The van der Waals surface area contributed by atoms with Crippen molar-refractivity contribution in [3.63, 3.8) is 0 Å². The average molecular weight is 445 g/mol. The molecule has 0 atom stereocenters. The van der Waals surface area contributed by atoms with Crippen LogP contribution < -0.4 is 14.4 Å². The molecule has 0 aliphatic carbocycles. The highest BCUT2D eigenvalue weighted by Gasteiger charge is 2.23. The summed E-state index contributed by atoms with van der Waals surface area (Å²) in [6, 6.07) is 12.5. The van der Waals surface area contributed by atoms with E-state index in [4.69, 9.17) is 9.26 Å². The number of benzene rings is 2. The Labute approximate surface area is 181 Å². The number of nitrogens with one attached hydrogen (secondary N) is 1. The van der Waals surface area contributed by atoms with Crippen LogP contribution in [-0.2, 0) is 21.4 Å². The number of aryl methyl sites for hydroxylation is 1. The highest BCUT2D eigenvalue weighted by molar-refractivity contribution is 7.92. The van der Waals surface area contributed by atoms with Crippen LogP contribution in [0.15, 0.2) is 47.0 Å². The van der Waals surface area contributed by atoms with Crippen molar-refractivity contribution in [2.24, 2.45) is 0 Å². The standard InChI is InChI=1S/C21H24N4O5S/c1-14-7-5-10-18(15(14)2)25(31(4,27)28)13-19(26)22-12-20-23-21(24-30-20)16-8-6-9-17(11-16)29-3/h5-11H,12-13H2,1-4H3,(H,22,26). The zero-order valence-corrected chi connectivity index (χ0v) is 18.6. The van der Waals surface area contributed by atoms with Gasteiger partial charge in [-0.05, 0) is 43.2 Å². The van der Waals surface area contributed by atoms with Crippen molar-refractivity contribution in [2.75, 3.05) is 24.2 Å². The third kappa shape index (κ3) is 5.40. The molecule has 0 radical (unpaired) electrons. The molecule has 164 valence electrons. The third-order valence-corrected chi connectivity index (χ3v) is 5.89. The van der Waals surface area contributed by atoms with Crippen LogP contribution in [0.3, 0.4) is 0 Å². The van der Waals surface area contributed by atoms with E-state index in [0.717, 1.165) is 21.7 Å². The summed E-state index contributed by atoms with van der Waals surface area (Å²) in [5.41, 5.74) is 2.90. The van der Waals surface area contributed by atoms with E-state index in [1.165, 1.54) is 0 Å². The van der Waals surface area contributed by atoms with Crippen molar-refractivity contribution in [1.29, 1.82) is 0 Å². The molecule has 0 saturated carbocycles. The van der Waals surface area contributed by atoms with Gasteiger partial charge in [-0.25, -0.2) is 8.42 Å². The van der Waals surface area contributed by atoms with Crippen molar-refractivity contribution < 1.29 is 22.5 Å². The number of carbonyl (C=O) groups excluding carboxylic acids is 1. The normalized spacial score (nSPS) is 11.2. The van der Waals surface area contributed by atoms with E-state index in [1.54, 1.807) is 37.4 Å². The van der Waals surface area contributed by atoms with Crippen LogP contribution in [0.1, 0.15) is 17.0 Å². The van der Waals surface area contributed by atoms with Gasteiger partial charge in [0.05, 0.1) is 25.6 Å². The number of ether oxygens (including phenoxy) is 1. The molecule has 0 aliphatic heterocycles. The molecule has 10 heteroatoms. The van der Waals surface area contributed by atoms with Gasteiger partial charge in [-0.3, -0.25) is 9.10 Å². The summed E-state index contributed by atoms with van der Waals surface area (Å²) in [6.07, 6.45) is 1.07. The van der Waals surface area contributed by atoms with Gasteiger partial charge < -0.3 is 14.6 Å². The highest BCUT2D eigenvalue weighted by Crippen LogP contribution is 2.25. The molecule has 9 nitrogen and oxygen atoms in total. The van der Waals surface area contributed by atoms with Gasteiger partial charge in [0.25, 0.3) is 0 Å². The van der Waals surface area contributed by atoms with Gasteiger partial charge in [-0.2, -0.15) is 4.98 Å². The fourth-order valence-electron chi connectivity index (χ4n) is 2.95. The number of hydrogen-bond acceptors (Lipinski definition) is 7. The number of anilines is 1. The van der Waals surface area contributed by atoms with Gasteiger partial charge in [-0.15, -0.1) is 0 Å². The SMILES string of the molecule is COc1cccc(-c2noc(CNC(=O)CN(c3cccc(C)c3C)S(C)(=O)=O)n2)c1. The number of hydrogen-bond donors (Lipinski definition) is 1. The van der Waals surface area contributed by atoms with Crippen molar-refractivity contribution in [2.45, 2.75) is 20.4 Å². The minimum atomic E-state index is -3.66. The van der Waals surface area contributed by atoms with Crippen molar-refractivity contribution in [1.82, 2.24) is 15.5 Å². The fraction of sp³-hybridized carbons (Fsp3) is 0.286. The van der Waals surface area contributed by atoms with Gasteiger partial charge in [0, 0.05) is 5.56 Å². The van der Waals surface area contributed by atoms with E-state index >= 15 is 0 Å². The molecule has 0 unspecified atom stereocenters. The predicted molar refractivity (Wildman–Crippen MR) is 116 cm³/mol. The Morgan fingerprint density at radius 3 is 2.65 bits per heavy atom. The number of amides is 1. The van der Waals surface area contributed by atoms with Gasteiger partial charge in [0.15, 0.2) is 0 Å². The third-order valence-electron chi connectivity index (χ3n) is 4.77. The summed E-state index contributed by atoms with van der Waals surface area (Å²) in [6.45, 7) is 3.31. The summed E-state index contributed by atoms with van der Waals surface area (Å²) in [4.78, 5) is 16.7. The van der Waals surface area contributed by atoms with E-state index in [2.05, 4.69) is 15.5 Å². The second kappa shape index (κ2) is 9.17. The summed E-state index contributed by atoms with van der Waals surface area (Å²) in [7, 11) is -2.10. The molecule has 0 saturated heterocycles. The van der Waals surface area contributed by atoms with E-state index in [-0.39, 0.29) is 19.0 Å².